The lowest BCUT2D eigenvalue weighted by Crippen LogP contribution is -2.20. The molecule has 0 saturated heterocycles. The molecular weight excluding hydrogens is 348 g/mol. The van der Waals surface area contributed by atoms with E-state index in [2.05, 4.69) is 16.4 Å². The van der Waals surface area contributed by atoms with Crippen molar-refractivity contribution in [3.05, 3.63) is 89.1 Å². The summed E-state index contributed by atoms with van der Waals surface area (Å²) in [7, 11) is 0. The van der Waals surface area contributed by atoms with E-state index < -0.39 is 0 Å². The van der Waals surface area contributed by atoms with Crippen LogP contribution in [-0.4, -0.2) is 18.1 Å². The van der Waals surface area contributed by atoms with Crippen LogP contribution in [0.2, 0.25) is 5.02 Å². The number of nitrogens with one attached hydrogen (secondary N) is 1. The highest BCUT2D eigenvalue weighted by molar-refractivity contribution is 6.30. The molecule has 1 heterocycles. The lowest BCUT2D eigenvalue weighted by atomic mass is 10.2. The fourth-order valence-electron chi connectivity index (χ4n) is 2.39. The maximum absolute atomic E-state index is 5.90. The van der Waals surface area contributed by atoms with Gasteiger partial charge in [-0.25, -0.2) is 4.98 Å². The normalized spacial score (nSPS) is 10.5. The van der Waals surface area contributed by atoms with E-state index >= 15 is 0 Å². The van der Waals surface area contributed by atoms with Gasteiger partial charge >= 0.3 is 0 Å². The fourth-order valence-corrected chi connectivity index (χ4v) is 2.51. The Labute approximate surface area is 158 Å². The number of benzene rings is 2. The molecule has 0 amide bonds. The van der Waals surface area contributed by atoms with E-state index in [-0.39, 0.29) is 0 Å². The molecule has 0 atom stereocenters. The van der Waals surface area contributed by atoms with Crippen LogP contribution >= 0.6 is 11.6 Å². The zero-order valence-corrected chi connectivity index (χ0v) is 15.2. The van der Waals surface area contributed by atoms with Gasteiger partial charge in [-0.05, 0) is 41.5 Å². The minimum Gasteiger partial charge on any atom is -0.489 e. The molecule has 0 aliphatic carbocycles. The topological polar surface area (TPSA) is 43.4 Å². The summed E-state index contributed by atoms with van der Waals surface area (Å²) in [6.07, 6.45) is 1.72. The van der Waals surface area contributed by atoms with Crippen LogP contribution in [0.3, 0.4) is 0 Å². The molecule has 134 valence electrons. The van der Waals surface area contributed by atoms with Crippen molar-refractivity contribution in [3.63, 3.8) is 0 Å². The second-order valence-electron chi connectivity index (χ2n) is 5.76. The second-order valence-corrected chi connectivity index (χ2v) is 6.19. The third kappa shape index (κ3) is 6.06. The van der Waals surface area contributed by atoms with Crippen LogP contribution in [0.4, 0.5) is 0 Å². The molecule has 0 aliphatic rings. The van der Waals surface area contributed by atoms with Gasteiger partial charge in [0.05, 0.1) is 0 Å². The van der Waals surface area contributed by atoms with Crippen molar-refractivity contribution in [2.24, 2.45) is 0 Å². The predicted octanol–water partition coefficient (Wildman–Crippen LogP) is 4.48. The smallest absolute Gasteiger partial charge is 0.213 e. The van der Waals surface area contributed by atoms with Crippen molar-refractivity contribution in [1.29, 1.82) is 0 Å². The van der Waals surface area contributed by atoms with Gasteiger partial charge in [0, 0.05) is 30.4 Å². The standard InChI is InChI=1S/C21H21ClN2O2/c22-19-9-7-17(8-10-19)16-26-20-5-3-4-18(14-20)15-23-12-13-25-21-6-1-2-11-24-21/h1-11,14,23H,12-13,15-16H2. The zero-order valence-electron chi connectivity index (χ0n) is 14.4. The van der Waals surface area contributed by atoms with Gasteiger partial charge in [0.15, 0.2) is 0 Å². The summed E-state index contributed by atoms with van der Waals surface area (Å²) in [5.74, 6) is 1.50. The SMILES string of the molecule is Clc1ccc(COc2cccc(CNCCOc3ccccn3)c2)cc1. The number of halogens is 1. The van der Waals surface area contributed by atoms with Gasteiger partial charge in [0.25, 0.3) is 0 Å². The highest BCUT2D eigenvalue weighted by Crippen LogP contribution is 2.16. The molecule has 4 nitrogen and oxygen atoms in total. The summed E-state index contributed by atoms with van der Waals surface area (Å²) in [5.41, 5.74) is 2.25. The minimum atomic E-state index is 0.520. The monoisotopic (exact) mass is 368 g/mol. The molecule has 0 fully saturated rings. The summed E-state index contributed by atoms with van der Waals surface area (Å²) in [6.45, 7) is 2.59. The molecule has 0 saturated carbocycles. The molecule has 0 bridgehead atoms. The van der Waals surface area contributed by atoms with Gasteiger partial charge in [-0.15, -0.1) is 0 Å². The van der Waals surface area contributed by atoms with E-state index in [0.29, 0.717) is 19.1 Å². The Morgan fingerprint density at radius 1 is 0.885 bits per heavy atom. The first-order chi connectivity index (χ1) is 12.8. The first-order valence-electron chi connectivity index (χ1n) is 8.50. The zero-order chi connectivity index (χ0) is 18.0. The molecule has 2 aromatic carbocycles. The van der Waals surface area contributed by atoms with Crippen molar-refractivity contribution in [1.82, 2.24) is 10.3 Å². The average molecular weight is 369 g/mol. The Hall–Kier alpha value is -2.56. The molecule has 3 aromatic rings. The van der Waals surface area contributed by atoms with Crippen molar-refractivity contribution >= 4 is 11.6 Å². The first-order valence-corrected chi connectivity index (χ1v) is 8.88. The first kappa shape index (κ1) is 18.2. The largest absolute Gasteiger partial charge is 0.489 e. The Bertz CT molecular complexity index is 795. The molecule has 0 spiro atoms. The van der Waals surface area contributed by atoms with Crippen LogP contribution in [0.1, 0.15) is 11.1 Å². The molecule has 0 aliphatic heterocycles. The summed E-state index contributed by atoms with van der Waals surface area (Å²) in [5, 5.41) is 4.09. The van der Waals surface area contributed by atoms with Gasteiger partial charge in [-0.1, -0.05) is 41.9 Å². The van der Waals surface area contributed by atoms with E-state index in [1.54, 1.807) is 6.20 Å². The second kappa shape index (κ2) is 9.80. The van der Waals surface area contributed by atoms with Gasteiger partial charge < -0.3 is 14.8 Å². The van der Waals surface area contributed by atoms with Gasteiger partial charge in [-0.2, -0.15) is 0 Å². The lowest BCUT2D eigenvalue weighted by Gasteiger charge is -2.10. The number of nitrogens with zero attached hydrogens (tertiary/aromatic N) is 1. The number of hydrogen-bond acceptors (Lipinski definition) is 4. The third-order valence-corrected chi connectivity index (χ3v) is 3.96. The Balaban J connectivity index is 1.40. The molecule has 26 heavy (non-hydrogen) atoms. The fraction of sp³-hybridized carbons (Fsp3) is 0.190. The molecule has 1 N–H and O–H groups in total. The molecule has 1 aromatic heterocycles. The maximum Gasteiger partial charge on any atom is 0.213 e. The van der Waals surface area contributed by atoms with Crippen LogP contribution in [0.5, 0.6) is 11.6 Å². The van der Waals surface area contributed by atoms with Gasteiger partial charge in [0.1, 0.15) is 19.0 Å². The van der Waals surface area contributed by atoms with E-state index in [1.165, 1.54) is 0 Å². The molecule has 5 heteroatoms. The maximum atomic E-state index is 5.90. The third-order valence-electron chi connectivity index (χ3n) is 3.71. The summed E-state index contributed by atoms with van der Waals surface area (Å²) in [6, 6.07) is 21.4. The Morgan fingerprint density at radius 3 is 2.58 bits per heavy atom. The number of aromatic nitrogens is 1. The highest BCUT2D eigenvalue weighted by Gasteiger charge is 2.00. The molecule has 3 rings (SSSR count). The van der Waals surface area contributed by atoms with Gasteiger partial charge in [0.2, 0.25) is 5.88 Å². The average Bonchev–Trinajstić information content (AvgIpc) is 2.68. The Morgan fingerprint density at radius 2 is 1.77 bits per heavy atom. The van der Waals surface area contributed by atoms with Crippen LogP contribution in [0.15, 0.2) is 72.9 Å². The van der Waals surface area contributed by atoms with Crippen molar-refractivity contribution in [2.75, 3.05) is 13.2 Å². The molecule has 0 radical (unpaired) electrons. The van der Waals surface area contributed by atoms with Crippen LogP contribution in [-0.2, 0) is 13.2 Å². The van der Waals surface area contributed by atoms with Crippen molar-refractivity contribution in [2.45, 2.75) is 13.2 Å². The Kier molecular flexibility index (Phi) is 6.88. The summed E-state index contributed by atoms with van der Waals surface area (Å²) < 4.78 is 11.4. The number of pyridine rings is 1. The van der Waals surface area contributed by atoms with Crippen LogP contribution in [0, 0.1) is 0 Å². The minimum absolute atomic E-state index is 0.520. The molecule has 0 unspecified atom stereocenters. The predicted molar refractivity (Wildman–Crippen MR) is 104 cm³/mol. The number of ether oxygens (including phenoxy) is 2. The highest BCUT2D eigenvalue weighted by atomic mass is 35.5. The summed E-state index contributed by atoms with van der Waals surface area (Å²) >= 11 is 5.90. The quantitative estimate of drug-likeness (QED) is 0.565. The number of hydrogen-bond donors (Lipinski definition) is 1. The molecular formula is C21H21ClN2O2. The van der Waals surface area contributed by atoms with Gasteiger partial charge in [-0.3, -0.25) is 0 Å². The lowest BCUT2D eigenvalue weighted by molar-refractivity contribution is 0.301. The van der Waals surface area contributed by atoms with E-state index in [1.807, 2.05) is 60.7 Å². The van der Waals surface area contributed by atoms with E-state index in [0.717, 1.165) is 35.0 Å². The van der Waals surface area contributed by atoms with E-state index in [4.69, 9.17) is 21.1 Å². The van der Waals surface area contributed by atoms with Crippen LogP contribution in [0.25, 0.3) is 0 Å². The van der Waals surface area contributed by atoms with E-state index in [9.17, 15) is 0 Å². The summed E-state index contributed by atoms with van der Waals surface area (Å²) in [4.78, 5) is 4.12. The van der Waals surface area contributed by atoms with Crippen molar-refractivity contribution in [3.8, 4) is 11.6 Å². The van der Waals surface area contributed by atoms with Crippen LogP contribution < -0.4 is 14.8 Å². The van der Waals surface area contributed by atoms with Crippen molar-refractivity contribution < 1.29 is 9.47 Å². The number of rotatable bonds is 9.